The van der Waals surface area contributed by atoms with E-state index in [0.717, 1.165) is 0 Å². The molecule has 0 radical (unpaired) electrons. The highest BCUT2D eigenvalue weighted by Gasteiger charge is 2.21. The number of nitrogens with two attached hydrogens (primary N) is 1. The van der Waals surface area contributed by atoms with Gasteiger partial charge in [-0.3, -0.25) is 19.6 Å². The number of nitrogens with one attached hydrogen (secondary N) is 1. The highest BCUT2D eigenvalue weighted by atomic mass is 79.9. The number of halogens is 2. The van der Waals surface area contributed by atoms with Crippen molar-refractivity contribution in [3.8, 4) is 11.3 Å². The van der Waals surface area contributed by atoms with E-state index in [2.05, 4.69) is 21.4 Å². The fourth-order valence-electron chi connectivity index (χ4n) is 3.01. The largest absolute Gasteiger partial charge is 0.451 e. The number of para-hydroxylation sites is 1. The quantitative estimate of drug-likeness (QED) is 0.284. The number of hydrogen-bond acceptors (Lipinski definition) is 4. The van der Waals surface area contributed by atoms with Crippen LogP contribution in [0.4, 0.5) is 4.39 Å². The summed E-state index contributed by atoms with van der Waals surface area (Å²) in [6, 6.07) is 14.5. The van der Waals surface area contributed by atoms with Gasteiger partial charge in [0.15, 0.2) is 5.76 Å². The number of fused-ring (bicyclic) bond motifs is 1. The molecule has 2 aromatic carbocycles. The molecule has 28 heavy (non-hydrogen) atoms. The van der Waals surface area contributed by atoms with Gasteiger partial charge in [-0.1, -0.05) is 34.1 Å². The molecule has 0 saturated heterocycles. The van der Waals surface area contributed by atoms with Crippen molar-refractivity contribution in [1.29, 1.82) is 0 Å². The molecule has 0 aliphatic rings. The normalized spacial score (nSPS) is 11.0. The molecule has 0 saturated carbocycles. The van der Waals surface area contributed by atoms with E-state index in [1.54, 1.807) is 36.4 Å². The van der Waals surface area contributed by atoms with E-state index in [-0.39, 0.29) is 22.6 Å². The van der Waals surface area contributed by atoms with Crippen LogP contribution in [0, 0.1) is 5.82 Å². The Morgan fingerprint density at radius 3 is 2.64 bits per heavy atom. The highest BCUT2D eigenvalue weighted by Crippen LogP contribution is 2.28. The topological polar surface area (TPSA) is 90.3 Å². The number of hydrogen-bond donors (Lipinski definition) is 2. The van der Waals surface area contributed by atoms with Crippen molar-refractivity contribution in [1.82, 2.24) is 9.99 Å². The molecule has 3 N–H and O–H groups in total. The third-order valence-electron chi connectivity index (χ3n) is 4.32. The van der Waals surface area contributed by atoms with Gasteiger partial charge in [-0.25, -0.2) is 10.2 Å². The molecular formula is C20H13BrFN3O3. The van der Waals surface area contributed by atoms with E-state index in [4.69, 9.17) is 10.3 Å². The lowest BCUT2D eigenvalue weighted by molar-refractivity contribution is 0.0938. The minimum atomic E-state index is -0.514. The summed E-state index contributed by atoms with van der Waals surface area (Å²) in [5.41, 5.74) is 3.10. The van der Waals surface area contributed by atoms with Gasteiger partial charge in [0.25, 0.3) is 11.8 Å². The van der Waals surface area contributed by atoms with Crippen LogP contribution in [0.25, 0.3) is 22.2 Å². The molecule has 4 rings (SSSR count). The van der Waals surface area contributed by atoms with Gasteiger partial charge < -0.3 is 4.42 Å². The van der Waals surface area contributed by atoms with Crippen LogP contribution in [0.1, 0.15) is 20.9 Å². The van der Waals surface area contributed by atoms with Crippen molar-refractivity contribution in [2.45, 2.75) is 0 Å². The van der Waals surface area contributed by atoms with E-state index in [1.807, 2.05) is 0 Å². The Bertz CT molecular complexity index is 1230. The van der Waals surface area contributed by atoms with Crippen LogP contribution in [0.3, 0.4) is 0 Å². The fraction of sp³-hybridized carbons (Fsp3) is 0. The van der Waals surface area contributed by atoms with Crippen LogP contribution in [-0.2, 0) is 0 Å². The van der Waals surface area contributed by atoms with Crippen LogP contribution in [0.15, 0.2) is 69.7 Å². The van der Waals surface area contributed by atoms with Gasteiger partial charge in [0.1, 0.15) is 11.6 Å². The third kappa shape index (κ3) is 3.02. The molecule has 6 nitrogen and oxygen atoms in total. The first-order chi connectivity index (χ1) is 13.5. The van der Waals surface area contributed by atoms with Crippen LogP contribution in [-0.4, -0.2) is 16.4 Å². The second-order valence-electron chi connectivity index (χ2n) is 6.00. The van der Waals surface area contributed by atoms with Gasteiger partial charge in [0.2, 0.25) is 0 Å². The first kappa shape index (κ1) is 18.1. The summed E-state index contributed by atoms with van der Waals surface area (Å²) in [6.07, 6.45) is 1.40. The van der Waals surface area contributed by atoms with Gasteiger partial charge in [0.05, 0.1) is 16.6 Å². The van der Waals surface area contributed by atoms with Gasteiger partial charge in [-0.05, 0) is 36.4 Å². The van der Waals surface area contributed by atoms with E-state index >= 15 is 0 Å². The van der Waals surface area contributed by atoms with Gasteiger partial charge in [0, 0.05) is 16.1 Å². The van der Waals surface area contributed by atoms with Crippen molar-refractivity contribution in [2.24, 2.45) is 5.84 Å². The average Bonchev–Trinajstić information content (AvgIpc) is 3.32. The molecule has 4 aromatic rings. The zero-order chi connectivity index (χ0) is 19.8. The number of amides is 1. The SMILES string of the molecule is NNC(=O)c1cn(C(=O)c2ccc(-c3ccc(Br)cc3F)o2)c2ccccc12. The molecule has 0 fully saturated rings. The summed E-state index contributed by atoms with van der Waals surface area (Å²) < 4.78 is 21.7. The van der Waals surface area contributed by atoms with Crippen LogP contribution in [0.5, 0.6) is 0 Å². The molecule has 0 atom stereocenters. The Hall–Kier alpha value is -3.23. The lowest BCUT2D eigenvalue weighted by Crippen LogP contribution is -2.29. The van der Waals surface area contributed by atoms with Gasteiger partial charge in [-0.2, -0.15) is 0 Å². The molecular weight excluding hydrogens is 429 g/mol. The lowest BCUT2D eigenvalue weighted by Gasteiger charge is -2.02. The summed E-state index contributed by atoms with van der Waals surface area (Å²) in [7, 11) is 0. The first-order valence-corrected chi connectivity index (χ1v) is 9.00. The Morgan fingerprint density at radius 2 is 1.89 bits per heavy atom. The zero-order valence-electron chi connectivity index (χ0n) is 14.3. The maximum absolute atomic E-state index is 14.2. The third-order valence-corrected chi connectivity index (χ3v) is 4.81. The van der Waals surface area contributed by atoms with Crippen LogP contribution in [0.2, 0.25) is 0 Å². The molecule has 140 valence electrons. The van der Waals surface area contributed by atoms with Crippen molar-refractivity contribution >= 4 is 38.6 Å². The molecule has 1 amide bonds. The summed E-state index contributed by atoms with van der Waals surface area (Å²) in [4.78, 5) is 25.0. The minimum absolute atomic E-state index is 0.0118. The number of hydrazine groups is 1. The Balaban J connectivity index is 1.77. The predicted octanol–water partition coefficient (Wildman–Crippen LogP) is 4.09. The molecule has 2 aromatic heterocycles. The molecule has 8 heteroatoms. The Kier molecular flexibility index (Phi) is 4.58. The monoisotopic (exact) mass is 441 g/mol. The molecule has 2 heterocycles. The second-order valence-corrected chi connectivity index (χ2v) is 6.91. The van der Waals surface area contributed by atoms with E-state index in [0.29, 0.717) is 15.4 Å². The standard InChI is InChI=1S/C20H13BrFN3O3/c21-11-5-6-13(15(22)9-11)17-7-8-18(28-17)20(27)25-10-14(19(26)24-23)12-3-1-2-4-16(12)25/h1-10H,23H2,(H,24,26). The highest BCUT2D eigenvalue weighted by molar-refractivity contribution is 9.10. The lowest BCUT2D eigenvalue weighted by atomic mass is 10.1. The summed E-state index contributed by atoms with van der Waals surface area (Å²) >= 11 is 3.20. The van der Waals surface area contributed by atoms with E-state index < -0.39 is 17.6 Å². The second kappa shape index (κ2) is 7.06. The predicted molar refractivity (Wildman–Crippen MR) is 105 cm³/mol. The fourth-order valence-corrected chi connectivity index (χ4v) is 3.35. The maximum Gasteiger partial charge on any atom is 0.298 e. The zero-order valence-corrected chi connectivity index (χ0v) is 15.9. The summed E-state index contributed by atoms with van der Waals surface area (Å²) in [5.74, 6) is 3.99. The van der Waals surface area contributed by atoms with Crippen molar-refractivity contribution in [2.75, 3.05) is 0 Å². The van der Waals surface area contributed by atoms with Crippen molar-refractivity contribution in [3.05, 3.63) is 82.4 Å². The number of nitrogens with zero attached hydrogens (tertiary/aromatic N) is 1. The van der Waals surface area contributed by atoms with Crippen LogP contribution >= 0.6 is 15.9 Å². The van der Waals surface area contributed by atoms with Crippen molar-refractivity contribution in [3.63, 3.8) is 0 Å². The van der Waals surface area contributed by atoms with Crippen molar-refractivity contribution < 1.29 is 18.4 Å². The molecule has 0 bridgehead atoms. The molecule has 0 aliphatic heterocycles. The van der Waals surface area contributed by atoms with Gasteiger partial charge in [-0.15, -0.1) is 0 Å². The maximum atomic E-state index is 14.2. The summed E-state index contributed by atoms with van der Waals surface area (Å²) in [5, 5.41) is 0.574. The Morgan fingerprint density at radius 1 is 1.11 bits per heavy atom. The molecule has 0 unspecified atom stereocenters. The minimum Gasteiger partial charge on any atom is -0.451 e. The number of furan rings is 1. The number of benzene rings is 2. The number of carbonyl (C=O) groups is 2. The number of carbonyl (C=O) groups excluding carboxylic acids is 2. The summed E-state index contributed by atoms with van der Waals surface area (Å²) in [6.45, 7) is 0. The molecule has 0 aliphatic carbocycles. The smallest absolute Gasteiger partial charge is 0.298 e. The van der Waals surface area contributed by atoms with E-state index in [9.17, 15) is 14.0 Å². The van der Waals surface area contributed by atoms with E-state index in [1.165, 1.54) is 29.0 Å². The van der Waals surface area contributed by atoms with Crippen LogP contribution < -0.4 is 11.3 Å². The average molecular weight is 442 g/mol. The number of nitrogen functional groups attached to an aromatic ring is 1. The number of aromatic nitrogens is 1. The molecule has 0 spiro atoms. The Labute approximate surface area is 166 Å². The first-order valence-electron chi connectivity index (χ1n) is 8.20. The number of rotatable bonds is 3. The van der Waals surface area contributed by atoms with Gasteiger partial charge >= 0.3 is 0 Å².